The molecule has 0 radical (unpaired) electrons. The molecule has 2 N–H and O–H groups in total. The Balaban J connectivity index is 1.92. The van der Waals surface area contributed by atoms with Crippen molar-refractivity contribution < 1.29 is 23.5 Å². The van der Waals surface area contributed by atoms with E-state index in [0.29, 0.717) is 10.1 Å². The molecule has 0 aliphatic rings. The van der Waals surface area contributed by atoms with Crippen molar-refractivity contribution in [1.29, 1.82) is 0 Å². The van der Waals surface area contributed by atoms with Gasteiger partial charge in [-0.2, -0.15) is 0 Å². The second-order valence-electron chi connectivity index (χ2n) is 5.01. The van der Waals surface area contributed by atoms with Gasteiger partial charge in [0.15, 0.2) is 6.61 Å². The zero-order valence-corrected chi connectivity index (χ0v) is 13.3. The molecule has 122 valence electrons. The Hall–Kier alpha value is -2.48. The lowest BCUT2D eigenvalue weighted by Crippen LogP contribution is -2.44. The molecule has 0 fully saturated rings. The topological polar surface area (TPSA) is 84.5 Å². The summed E-state index contributed by atoms with van der Waals surface area (Å²) >= 11 is 1.07. The van der Waals surface area contributed by atoms with E-state index in [9.17, 15) is 18.8 Å². The molecule has 8 heteroatoms. The fourth-order valence-electron chi connectivity index (χ4n) is 1.79. The van der Waals surface area contributed by atoms with Crippen LogP contribution in [-0.4, -0.2) is 30.6 Å². The van der Waals surface area contributed by atoms with Crippen LogP contribution in [0.15, 0.2) is 24.3 Å². The summed E-state index contributed by atoms with van der Waals surface area (Å²) in [4.78, 5) is 34.9. The highest BCUT2D eigenvalue weighted by Crippen LogP contribution is 2.27. The van der Waals surface area contributed by atoms with Crippen LogP contribution >= 0.6 is 11.3 Å². The molecule has 0 saturated carbocycles. The largest absolute Gasteiger partial charge is 0.451 e. The normalized spacial score (nSPS) is 10.6. The third kappa shape index (κ3) is 4.49. The van der Waals surface area contributed by atoms with E-state index in [-0.39, 0.29) is 10.9 Å². The number of thiophene rings is 1. The Kier molecular flexibility index (Phi) is 5.28. The molecule has 0 atom stereocenters. The van der Waals surface area contributed by atoms with Crippen LogP contribution in [0.5, 0.6) is 0 Å². The Bertz CT molecular complexity index is 757. The number of rotatable bonds is 4. The molecule has 23 heavy (non-hydrogen) atoms. The van der Waals surface area contributed by atoms with Crippen molar-refractivity contribution in [2.45, 2.75) is 19.9 Å². The Morgan fingerprint density at radius 1 is 1.30 bits per heavy atom. The summed E-state index contributed by atoms with van der Waals surface area (Å²) in [5.74, 6) is -1.92. The number of ether oxygens (including phenoxy) is 1. The number of carbonyl (C=O) groups is 3. The molecule has 6 nitrogen and oxygen atoms in total. The predicted molar refractivity (Wildman–Crippen MR) is 83.9 cm³/mol. The van der Waals surface area contributed by atoms with E-state index in [1.807, 2.05) is 5.32 Å². The van der Waals surface area contributed by atoms with E-state index in [0.717, 1.165) is 11.3 Å². The van der Waals surface area contributed by atoms with Gasteiger partial charge in [0, 0.05) is 16.1 Å². The molecule has 0 spiro atoms. The van der Waals surface area contributed by atoms with E-state index < -0.39 is 30.3 Å². The van der Waals surface area contributed by atoms with Gasteiger partial charge in [-0.05, 0) is 32.0 Å². The first-order valence-corrected chi connectivity index (χ1v) is 7.64. The lowest BCUT2D eigenvalue weighted by molar-refractivity contribution is -0.123. The van der Waals surface area contributed by atoms with E-state index in [1.165, 1.54) is 12.1 Å². The Morgan fingerprint density at radius 2 is 2.04 bits per heavy atom. The molecule has 2 aromatic rings. The quantitative estimate of drug-likeness (QED) is 0.839. The van der Waals surface area contributed by atoms with Crippen molar-refractivity contribution in [2.75, 3.05) is 6.61 Å². The number of esters is 1. The van der Waals surface area contributed by atoms with Gasteiger partial charge >= 0.3 is 12.0 Å². The van der Waals surface area contributed by atoms with E-state index in [4.69, 9.17) is 4.74 Å². The number of carbonyl (C=O) groups excluding carboxylic acids is 3. The monoisotopic (exact) mass is 338 g/mol. The van der Waals surface area contributed by atoms with Crippen molar-refractivity contribution in [3.63, 3.8) is 0 Å². The minimum atomic E-state index is -0.746. The van der Waals surface area contributed by atoms with Gasteiger partial charge in [-0.1, -0.05) is 6.07 Å². The third-order valence-corrected chi connectivity index (χ3v) is 3.80. The van der Waals surface area contributed by atoms with Gasteiger partial charge in [0.25, 0.3) is 5.91 Å². The minimum absolute atomic E-state index is 0.126. The van der Waals surface area contributed by atoms with Gasteiger partial charge in [0.2, 0.25) is 0 Å². The van der Waals surface area contributed by atoms with Gasteiger partial charge in [0.1, 0.15) is 10.7 Å². The lowest BCUT2D eigenvalue weighted by Gasteiger charge is -2.09. The van der Waals surface area contributed by atoms with Gasteiger partial charge < -0.3 is 10.1 Å². The van der Waals surface area contributed by atoms with Gasteiger partial charge in [-0.3, -0.25) is 10.1 Å². The molecule has 0 aliphatic carbocycles. The first kappa shape index (κ1) is 16.9. The van der Waals surface area contributed by atoms with E-state index >= 15 is 0 Å². The van der Waals surface area contributed by atoms with Crippen LogP contribution in [0.4, 0.5) is 9.18 Å². The van der Waals surface area contributed by atoms with Crippen LogP contribution in [0, 0.1) is 5.82 Å². The first-order valence-electron chi connectivity index (χ1n) is 6.82. The highest BCUT2D eigenvalue weighted by atomic mass is 32.1. The molecule has 0 bridgehead atoms. The third-order valence-electron chi connectivity index (χ3n) is 2.72. The maximum atomic E-state index is 13.6. The SMILES string of the molecule is CC(C)NC(=O)NC(=O)COC(=O)c1cc2c(F)cccc2s1. The molecule has 1 heterocycles. The maximum Gasteiger partial charge on any atom is 0.348 e. The van der Waals surface area contributed by atoms with Crippen LogP contribution in [0.25, 0.3) is 10.1 Å². The summed E-state index contributed by atoms with van der Waals surface area (Å²) in [6, 6.07) is 5.11. The summed E-state index contributed by atoms with van der Waals surface area (Å²) < 4.78 is 19.0. The number of fused-ring (bicyclic) bond motifs is 1. The number of hydrogen-bond acceptors (Lipinski definition) is 5. The van der Waals surface area contributed by atoms with E-state index in [2.05, 4.69) is 5.32 Å². The molecular weight excluding hydrogens is 323 g/mol. The second-order valence-corrected chi connectivity index (χ2v) is 6.10. The predicted octanol–water partition coefficient (Wildman–Crippen LogP) is 2.43. The van der Waals surface area contributed by atoms with Gasteiger partial charge in [0.05, 0.1) is 0 Å². The molecule has 0 unspecified atom stereocenters. The summed E-state index contributed by atoms with van der Waals surface area (Å²) in [5, 5.41) is 4.82. The van der Waals surface area contributed by atoms with Crippen LogP contribution < -0.4 is 10.6 Å². The molecule has 0 aliphatic heterocycles. The molecule has 3 amide bonds. The zero-order valence-electron chi connectivity index (χ0n) is 12.5. The lowest BCUT2D eigenvalue weighted by atomic mass is 10.2. The highest BCUT2D eigenvalue weighted by molar-refractivity contribution is 7.20. The van der Waals surface area contributed by atoms with Crippen LogP contribution in [0.1, 0.15) is 23.5 Å². The van der Waals surface area contributed by atoms with Crippen LogP contribution in [0.3, 0.4) is 0 Å². The number of hydrogen-bond donors (Lipinski definition) is 2. The summed E-state index contributed by atoms with van der Waals surface area (Å²) in [6.07, 6.45) is 0. The van der Waals surface area contributed by atoms with Crippen molar-refractivity contribution in [2.24, 2.45) is 0 Å². The number of benzene rings is 1. The molecule has 1 aromatic carbocycles. The van der Waals surface area contributed by atoms with Crippen molar-refractivity contribution in [1.82, 2.24) is 10.6 Å². The van der Waals surface area contributed by atoms with Crippen molar-refractivity contribution in [3.8, 4) is 0 Å². The fourth-order valence-corrected chi connectivity index (χ4v) is 2.76. The summed E-state index contributed by atoms with van der Waals surface area (Å²) in [6.45, 7) is 2.89. The van der Waals surface area contributed by atoms with E-state index in [1.54, 1.807) is 26.0 Å². The van der Waals surface area contributed by atoms with Gasteiger partial charge in [-0.25, -0.2) is 14.0 Å². The summed E-state index contributed by atoms with van der Waals surface area (Å²) in [7, 11) is 0. The number of nitrogens with one attached hydrogen (secondary N) is 2. The molecular formula is C15H15FN2O4S. The highest BCUT2D eigenvalue weighted by Gasteiger charge is 2.16. The van der Waals surface area contributed by atoms with Crippen LogP contribution in [0.2, 0.25) is 0 Å². The maximum absolute atomic E-state index is 13.6. The average molecular weight is 338 g/mol. The van der Waals surface area contributed by atoms with Crippen LogP contribution in [-0.2, 0) is 9.53 Å². The summed E-state index contributed by atoms with van der Waals surface area (Å²) in [5.41, 5.74) is 0. The van der Waals surface area contributed by atoms with Crippen molar-refractivity contribution >= 4 is 39.3 Å². The van der Waals surface area contributed by atoms with Gasteiger partial charge in [-0.15, -0.1) is 11.3 Å². The number of amides is 3. The molecule has 0 saturated heterocycles. The number of halogens is 1. The average Bonchev–Trinajstić information content (AvgIpc) is 2.89. The first-order chi connectivity index (χ1) is 10.9. The number of imide groups is 1. The molecule has 2 rings (SSSR count). The smallest absolute Gasteiger partial charge is 0.348 e. The second kappa shape index (κ2) is 7.19. The van der Waals surface area contributed by atoms with Crippen molar-refractivity contribution in [3.05, 3.63) is 35.0 Å². The Labute approximate surface area is 135 Å². The Morgan fingerprint density at radius 3 is 2.70 bits per heavy atom. The standard InChI is InChI=1S/C15H15FN2O4S/c1-8(2)17-15(21)18-13(19)7-22-14(20)12-6-9-10(16)4-3-5-11(9)23-12/h3-6,8H,7H2,1-2H3,(H2,17,18,19,21). The fraction of sp³-hybridized carbons (Fsp3) is 0.267. The number of urea groups is 1. The minimum Gasteiger partial charge on any atom is -0.451 e. The molecule has 1 aromatic heterocycles. The zero-order chi connectivity index (χ0) is 17.0.